The van der Waals surface area contributed by atoms with Gasteiger partial charge in [-0.1, -0.05) is 13.8 Å². The summed E-state index contributed by atoms with van der Waals surface area (Å²) >= 11 is 2.10. The summed E-state index contributed by atoms with van der Waals surface area (Å²) in [6.07, 6.45) is 4.12. The van der Waals surface area contributed by atoms with Crippen LogP contribution in [0.3, 0.4) is 0 Å². The van der Waals surface area contributed by atoms with Gasteiger partial charge in [-0.2, -0.15) is 11.8 Å². The monoisotopic (exact) mass is 187 g/mol. The largest absolute Gasteiger partial charge is 0.313 e. The fraction of sp³-hybridized carbons (Fsp3) is 1.00. The van der Waals surface area contributed by atoms with Crippen LogP contribution in [0.5, 0.6) is 0 Å². The van der Waals surface area contributed by atoms with Crippen molar-refractivity contribution in [3.8, 4) is 0 Å². The van der Waals surface area contributed by atoms with Crippen molar-refractivity contribution in [2.45, 2.75) is 39.2 Å². The third-order valence-corrected chi connectivity index (χ3v) is 3.53. The zero-order chi connectivity index (χ0) is 8.81. The smallest absolute Gasteiger partial charge is 0.0158 e. The highest BCUT2D eigenvalue weighted by molar-refractivity contribution is 7.99. The highest BCUT2D eigenvalue weighted by Gasteiger charge is 2.12. The molecule has 1 aliphatic heterocycles. The second-order valence-corrected chi connectivity index (χ2v) is 5.20. The third kappa shape index (κ3) is 4.36. The maximum Gasteiger partial charge on any atom is 0.0158 e. The SMILES string of the molecule is CC(C)CCNC1CCCSC1. The lowest BCUT2D eigenvalue weighted by Gasteiger charge is -2.22. The molecule has 1 rings (SSSR count). The summed E-state index contributed by atoms with van der Waals surface area (Å²) in [5, 5.41) is 3.63. The van der Waals surface area contributed by atoms with E-state index in [0.717, 1.165) is 12.0 Å². The minimum atomic E-state index is 0.808. The minimum Gasteiger partial charge on any atom is -0.313 e. The molecule has 0 radical (unpaired) electrons. The molecule has 0 aromatic heterocycles. The summed E-state index contributed by atoms with van der Waals surface area (Å²) in [6, 6.07) is 0.808. The van der Waals surface area contributed by atoms with Crippen molar-refractivity contribution in [3.63, 3.8) is 0 Å². The van der Waals surface area contributed by atoms with E-state index >= 15 is 0 Å². The highest BCUT2D eigenvalue weighted by Crippen LogP contribution is 2.16. The van der Waals surface area contributed by atoms with Crippen molar-refractivity contribution < 1.29 is 0 Å². The van der Waals surface area contributed by atoms with E-state index in [9.17, 15) is 0 Å². The summed E-state index contributed by atoms with van der Waals surface area (Å²) in [5.41, 5.74) is 0. The molecule has 1 N–H and O–H groups in total. The lowest BCUT2D eigenvalue weighted by Crippen LogP contribution is -2.34. The van der Waals surface area contributed by atoms with Crippen LogP contribution in [0.2, 0.25) is 0 Å². The van der Waals surface area contributed by atoms with Crippen molar-refractivity contribution in [1.29, 1.82) is 0 Å². The molecule has 1 heterocycles. The van der Waals surface area contributed by atoms with Crippen molar-refractivity contribution >= 4 is 11.8 Å². The van der Waals surface area contributed by atoms with Gasteiger partial charge in [0.05, 0.1) is 0 Å². The first-order valence-corrected chi connectivity index (χ1v) is 6.25. The first-order valence-electron chi connectivity index (χ1n) is 5.10. The predicted molar refractivity (Wildman–Crippen MR) is 57.8 cm³/mol. The molecule has 0 aromatic rings. The molecule has 0 aromatic carbocycles. The molecular formula is C10H21NS. The van der Waals surface area contributed by atoms with Crippen LogP contribution in [0.1, 0.15) is 33.1 Å². The topological polar surface area (TPSA) is 12.0 Å². The Labute approximate surface area is 80.7 Å². The quantitative estimate of drug-likeness (QED) is 0.726. The van der Waals surface area contributed by atoms with Gasteiger partial charge in [0.25, 0.3) is 0 Å². The molecule has 72 valence electrons. The molecule has 0 aliphatic carbocycles. The normalized spacial score (nSPS) is 24.8. The van der Waals surface area contributed by atoms with Gasteiger partial charge in [0, 0.05) is 11.8 Å². The molecule has 1 atom stereocenters. The molecule has 2 heteroatoms. The Balaban J connectivity index is 1.98. The second-order valence-electron chi connectivity index (χ2n) is 4.05. The van der Waals surface area contributed by atoms with Crippen molar-refractivity contribution in [2.24, 2.45) is 5.92 Å². The van der Waals surface area contributed by atoms with Gasteiger partial charge < -0.3 is 5.32 Å². The molecular weight excluding hydrogens is 166 g/mol. The Morgan fingerprint density at radius 1 is 1.50 bits per heavy atom. The van der Waals surface area contributed by atoms with E-state index in [1.54, 1.807) is 0 Å². The van der Waals surface area contributed by atoms with Crippen LogP contribution < -0.4 is 5.32 Å². The van der Waals surface area contributed by atoms with E-state index in [0.29, 0.717) is 0 Å². The second kappa shape index (κ2) is 5.87. The van der Waals surface area contributed by atoms with Crippen LogP contribution in [0.25, 0.3) is 0 Å². The lowest BCUT2D eigenvalue weighted by atomic mass is 10.1. The molecule has 12 heavy (non-hydrogen) atoms. The Morgan fingerprint density at radius 3 is 2.92 bits per heavy atom. The van der Waals surface area contributed by atoms with Crippen molar-refractivity contribution in [1.82, 2.24) is 5.32 Å². The van der Waals surface area contributed by atoms with Gasteiger partial charge in [0.15, 0.2) is 0 Å². The molecule has 1 aliphatic rings. The van der Waals surface area contributed by atoms with Gasteiger partial charge in [-0.15, -0.1) is 0 Å². The average molecular weight is 187 g/mol. The number of thioether (sulfide) groups is 1. The van der Waals surface area contributed by atoms with Crippen LogP contribution in [0.4, 0.5) is 0 Å². The van der Waals surface area contributed by atoms with E-state index in [4.69, 9.17) is 0 Å². The van der Waals surface area contributed by atoms with E-state index < -0.39 is 0 Å². The molecule has 0 amide bonds. The van der Waals surface area contributed by atoms with Gasteiger partial charge in [0.1, 0.15) is 0 Å². The number of hydrogen-bond donors (Lipinski definition) is 1. The van der Waals surface area contributed by atoms with E-state index in [1.165, 1.54) is 37.3 Å². The zero-order valence-electron chi connectivity index (χ0n) is 8.31. The first kappa shape index (κ1) is 10.4. The highest BCUT2D eigenvalue weighted by atomic mass is 32.2. The molecule has 0 saturated carbocycles. The van der Waals surface area contributed by atoms with Crippen LogP contribution in [-0.4, -0.2) is 24.1 Å². The van der Waals surface area contributed by atoms with Gasteiger partial charge in [0.2, 0.25) is 0 Å². The maximum absolute atomic E-state index is 3.63. The standard InChI is InChI=1S/C10H21NS/c1-9(2)5-6-11-10-4-3-7-12-8-10/h9-11H,3-8H2,1-2H3. The summed E-state index contributed by atoms with van der Waals surface area (Å²) in [5.74, 6) is 3.55. The van der Waals surface area contributed by atoms with Gasteiger partial charge in [-0.3, -0.25) is 0 Å². The minimum absolute atomic E-state index is 0.808. The number of nitrogens with one attached hydrogen (secondary N) is 1. The third-order valence-electron chi connectivity index (χ3n) is 2.31. The predicted octanol–water partition coefficient (Wildman–Crippen LogP) is 2.52. The van der Waals surface area contributed by atoms with Crippen LogP contribution in [-0.2, 0) is 0 Å². The Kier molecular flexibility index (Phi) is 5.08. The summed E-state index contributed by atoms with van der Waals surface area (Å²) in [6.45, 7) is 5.79. The zero-order valence-corrected chi connectivity index (χ0v) is 9.12. The fourth-order valence-corrected chi connectivity index (χ4v) is 2.58. The van der Waals surface area contributed by atoms with Crippen LogP contribution in [0.15, 0.2) is 0 Å². The van der Waals surface area contributed by atoms with E-state index in [1.807, 2.05) is 0 Å². The molecule has 0 bridgehead atoms. The number of rotatable bonds is 4. The lowest BCUT2D eigenvalue weighted by molar-refractivity contribution is 0.466. The van der Waals surface area contributed by atoms with Crippen molar-refractivity contribution in [3.05, 3.63) is 0 Å². The van der Waals surface area contributed by atoms with Gasteiger partial charge in [-0.25, -0.2) is 0 Å². The number of hydrogen-bond acceptors (Lipinski definition) is 2. The van der Waals surface area contributed by atoms with Crippen molar-refractivity contribution in [2.75, 3.05) is 18.1 Å². The summed E-state index contributed by atoms with van der Waals surface area (Å²) < 4.78 is 0. The summed E-state index contributed by atoms with van der Waals surface area (Å²) in [4.78, 5) is 0. The van der Waals surface area contributed by atoms with E-state index in [2.05, 4.69) is 30.9 Å². The average Bonchev–Trinajstić information content (AvgIpc) is 2.05. The molecule has 1 fully saturated rings. The fourth-order valence-electron chi connectivity index (χ4n) is 1.48. The van der Waals surface area contributed by atoms with E-state index in [-0.39, 0.29) is 0 Å². The van der Waals surface area contributed by atoms with Crippen LogP contribution in [0, 0.1) is 5.92 Å². The Hall–Kier alpha value is 0.310. The first-order chi connectivity index (χ1) is 5.79. The Morgan fingerprint density at radius 2 is 2.33 bits per heavy atom. The van der Waals surface area contributed by atoms with Gasteiger partial charge in [-0.05, 0) is 37.5 Å². The molecule has 0 spiro atoms. The maximum atomic E-state index is 3.63. The molecule has 1 saturated heterocycles. The van der Waals surface area contributed by atoms with Crippen LogP contribution >= 0.6 is 11.8 Å². The summed E-state index contributed by atoms with van der Waals surface area (Å²) in [7, 11) is 0. The molecule has 1 nitrogen and oxygen atoms in total. The molecule has 1 unspecified atom stereocenters. The Bertz CT molecular complexity index is 108. The van der Waals surface area contributed by atoms with Gasteiger partial charge >= 0.3 is 0 Å².